The summed E-state index contributed by atoms with van der Waals surface area (Å²) in [7, 11) is 0. The number of carbonyl (C=O) groups excluding carboxylic acids is 4. The monoisotopic (exact) mass is 518 g/mol. The molecule has 1 aliphatic rings. The Labute approximate surface area is 219 Å². The van der Waals surface area contributed by atoms with Gasteiger partial charge in [-0.2, -0.15) is 0 Å². The Kier molecular flexibility index (Phi) is 13.7. The van der Waals surface area contributed by atoms with E-state index in [1.807, 2.05) is 51.1 Å². The van der Waals surface area contributed by atoms with Gasteiger partial charge in [0.2, 0.25) is 11.7 Å². The molecule has 10 heteroatoms. The predicted molar refractivity (Wildman–Crippen MR) is 140 cm³/mol. The van der Waals surface area contributed by atoms with E-state index in [2.05, 4.69) is 20.9 Å². The Hall–Kier alpha value is -2.98. The zero-order valence-corrected chi connectivity index (χ0v) is 22.3. The Morgan fingerprint density at radius 3 is 2.38 bits per heavy atom. The second-order valence-corrected chi connectivity index (χ2v) is 9.67. The van der Waals surface area contributed by atoms with Crippen molar-refractivity contribution >= 4 is 23.7 Å². The third-order valence-corrected chi connectivity index (χ3v) is 6.00. The molecule has 1 heterocycles. The average Bonchev–Trinajstić information content (AvgIpc) is 2.89. The third kappa shape index (κ3) is 11.7. The van der Waals surface area contributed by atoms with E-state index in [-0.39, 0.29) is 12.5 Å². The number of ketones is 1. The molecule has 1 unspecified atom stereocenters. The van der Waals surface area contributed by atoms with Crippen LogP contribution in [0.4, 0.5) is 4.79 Å². The fourth-order valence-electron chi connectivity index (χ4n) is 4.01. The van der Waals surface area contributed by atoms with E-state index >= 15 is 0 Å². The largest absolute Gasteiger partial charge is 0.445 e. The summed E-state index contributed by atoms with van der Waals surface area (Å²) in [6.45, 7) is 10.1. The van der Waals surface area contributed by atoms with Gasteiger partial charge in [-0.15, -0.1) is 0 Å². The van der Waals surface area contributed by atoms with Gasteiger partial charge in [0.25, 0.3) is 5.91 Å². The predicted octanol–water partition coefficient (Wildman–Crippen LogP) is 2.02. The van der Waals surface area contributed by atoms with Crippen LogP contribution in [-0.4, -0.2) is 80.1 Å². The van der Waals surface area contributed by atoms with Crippen LogP contribution in [0.1, 0.15) is 52.0 Å². The molecule has 0 aliphatic carbocycles. The smallest absolute Gasteiger partial charge is 0.408 e. The average molecular weight is 519 g/mol. The lowest BCUT2D eigenvalue weighted by atomic mass is 10.0. The second-order valence-electron chi connectivity index (χ2n) is 9.67. The van der Waals surface area contributed by atoms with E-state index < -0.39 is 35.8 Å². The number of hydrogen-bond donors (Lipinski definition) is 3. The topological polar surface area (TPSA) is 126 Å². The van der Waals surface area contributed by atoms with E-state index in [0.717, 1.165) is 31.6 Å². The summed E-state index contributed by atoms with van der Waals surface area (Å²) < 4.78 is 10.6. The van der Waals surface area contributed by atoms with E-state index in [4.69, 9.17) is 9.47 Å². The van der Waals surface area contributed by atoms with Gasteiger partial charge in [-0.25, -0.2) is 4.79 Å². The van der Waals surface area contributed by atoms with Gasteiger partial charge in [-0.3, -0.25) is 19.3 Å². The van der Waals surface area contributed by atoms with Crippen LogP contribution in [0.15, 0.2) is 30.3 Å². The van der Waals surface area contributed by atoms with Crippen molar-refractivity contribution in [2.75, 3.05) is 39.4 Å². The summed E-state index contributed by atoms with van der Waals surface area (Å²) in [4.78, 5) is 53.0. The number of nitrogens with one attached hydrogen (secondary N) is 3. The van der Waals surface area contributed by atoms with Gasteiger partial charge in [-0.1, -0.05) is 57.5 Å². The standard InChI is InChI=1S/C27H42N4O6/c1-4-9-22(24(32)26(34)28-12-8-13-31-14-16-36-17-15-31)29-25(33)23(18-20(2)3)30-27(35)37-19-21-10-6-5-7-11-21/h5-7,10-11,20,22-23H,4,8-9,12-19H2,1-3H3,(H,28,34)(H,29,33)(H,30,35)/t22?,23-/m0/s1. The molecule has 206 valence electrons. The first-order chi connectivity index (χ1) is 17.8. The number of ether oxygens (including phenoxy) is 2. The maximum atomic E-state index is 13.1. The molecule has 0 spiro atoms. The molecule has 0 aromatic heterocycles. The first-order valence-electron chi connectivity index (χ1n) is 13.2. The quantitative estimate of drug-likeness (QED) is 0.240. The third-order valence-electron chi connectivity index (χ3n) is 6.00. The van der Waals surface area contributed by atoms with Gasteiger partial charge in [0.15, 0.2) is 0 Å². The van der Waals surface area contributed by atoms with E-state index in [0.29, 0.717) is 39.0 Å². The van der Waals surface area contributed by atoms with E-state index in [9.17, 15) is 19.2 Å². The number of nitrogens with zero attached hydrogens (tertiary/aromatic N) is 1. The first-order valence-corrected chi connectivity index (χ1v) is 13.2. The van der Waals surface area contributed by atoms with Crippen molar-refractivity contribution < 1.29 is 28.7 Å². The van der Waals surface area contributed by atoms with Crippen molar-refractivity contribution in [1.29, 1.82) is 0 Å². The summed E-state index contributed by atoms with van der Waals surface area (Å²) in [6, 6.07) is 7.36. The molecule has 3 amide bonds. The van der Waals surface area contributed by atoms with Gasteiger partial charge in [-0.05, 0) is 37.3 Å². The van der Waals surface area contributed by atoms with Crippen LogP contribution in [0.5, 0.6) is 0 Å². The second kappa shape index (κ2) is 16.7. The molecule has 3 N–H and O–H groups in total. The molecule has 10 nitrogen and oxygen atoms in total. The van der Waals surface area contributed by atoms with E-state index in [1.165, 1.54) is 0 Å². The highest BCUT2D eigenvalue weighted by molar-refractivity contribution is 6.38. The number of benzene rings is 1. The summed E-state index contributed by atoms with van der Waals surface area (Å²) in [5.41, 5.74) is 0.826. The number of rotatable bonds is 15. The zero-order chi connectivity index (χ0) is 27.0. The van der Waals surface area contributed by atoms with Crippen LogP contribution in [-0.2, 0) is 30.5 Å². The van der Waals surface area contributed by atoms with Crippen LogP contribution in [0.3, 0.4) is 0 Å². The molecule has 1 aromatic carbocycles. The van der Waals surface area contributed by atoms with Crippen molar-refractivity contribution in [3.05, 3.63) is 35.9 Å². The van der Waals surface area contributed by atoms with Crippen LogP contribution < -0.4 is 16.0 Å². The Morgan fingerprint density at radius 2 is 1.73 bits per heavy atom. The Morgan fingerprint density at radius 1 is 1.03 bits per heavy atom. The van der Waals surface area contributed by atoms with Crippen molar-refractivity contribution in [3.8, 4) is 0 Å². The van der Waals surface area contributed by atoms with Crippen LogP contribution in [0, 0.1) is 5.92 Å². The molecule has 1 aromatic rings. The Balaban J connectivity index is 1.87. The first kappa shape index (κ1) is 30.2. The lowest BCUT2D eigenvalue weighted by Gasteiger charge is -2.26. The molecule has 0 saturated carbocycles. The minimum absolute atomic E-state index is 0.0747. The Bertz CT molecular complexity index is 858. The number of amides is 3. The molecule has 1 fully saturated rings. The number of morpholine rings is 1. The van der Waals surface area contributed by atoms with Crippen LogP contribution in [0.25, 0.3) is 0 Å². The fraction of sp³-hybridized carbons (Fsp3) is 0.630. The van der Waals surface area contributed by atoms with Gasteiger partial charge in [0.05, 0.1) is 19.3 Å². The number of alkyl carbamates (subject to hydrolysis) is 1. The molecule has 0 radical (unpaired) electrons. The molecular formula is C27H42N4O6. The number of Topliss-reactive ketones (excluding diaryl/α,β-unsaturated/α-hetero) is 1. The van der Waals surface area contributed by atoms with E-state index in [1.54, 1.807) is 0 Å². The molecule has 0 bridgehead atoms. The van der Waals surface area contributed by atoms with Crippen molar-refractivity contribution in [2.24, 2.45) is 5.92 Å². The van der Waals surface area contributed by atoms with Crippen molar-refractivity contribution in [3.63, 3.8) is 0 Å². The zero-order valence-electron chi connectivity index (χ0n) is 22.3. The highest BCUT2D eigenvalue weighted by Crippen LogP contribution is 2.08. The summed E-state index contributed by atoms with van der Waals surface area (Å²) in [6.07, 6.45) is 1.27. The maximum Gasteiger partial charge on any atom is 0.408 e. The number of carbonyl (C=O) groups is 4. The van der Waals surface area contributed by atoms with Gasteiger partial charge in [0, 0.05) is 19.6 Å². The van der Waals surface area contributed by atoms with Gasteiger partial charge < -0.3 is 25.4 Å². The summed E-state index contributed by atoms with van der Waals surface area (Å²) >= 11 is 0. The molecular weight excluding hydrogens is 476 g/mol. The lowest BCUT2D eigenvalue weighted by molar-refractivity contribution is -0.140. The minimum Gasteiger partial charge on any atom is -0.445 e. The molecule has 2 atom stereocenters. The van der Waals surface area contributed by atoms with Crippen molar-refractivity contribution in [2.45, 2.75) is 65.1 Å². The lowest BCUT2D eigenvalue weighted by Crippen LogP contribution is -2.54. The molecule has 1 aliphatic heterocycles. The van der Waals surface area contributed by atoms with Crippen LogP contribution >= 0.6 is 0 Å². The SMILES string of the molecule is CCCC(NC(=O)[C@H](CC(C)C)NC(=O)OCc1ccccc1)C(=O)C(=O)NCCCN1CCOCC1. The van der Waals surface area contributed by atoms with Gasteiger partial charge >= 0.3 is 6.09 Å². The molecule has 2 rings (SSSR count). The van der Waals surface area contributed by atoms with Crippen LogP contribution in [0.2, 0.25) is 0 Å². The highest BCUT2D eigenvalue weighted by atomic mass is 16.5. The fourth-order valence-corrected chi connectivity index (χ4v) is 4.01. The molecule has 37 heavy (non-hydrogen) atoms. The summed E-state index contributed by atoms with van der Waals surface area (Å²) in [5, 5.41) is 7.96. The van der Waals surface area contributed by atoms with Gasteiger partial charge in [0.1, 0.15) is 12.6 Å². The maximum absolute atomic E-state index is 13.1. The number of hydrogen-bond acceptors (Lipinski definition) is 7. The van der Waals surface area contributed by atoms with Crippen molar-refractivity contribution in [1.82, 2.24) is 20.9 Å². The molecule has 1 saturated heterocycles. The normalized spacial score (nSPS) is 15.5. The minimum atomic E-state index is -0.964. The highest BCUT2D eigenvalue weighted by Gasteiger charge is 2.30. The summed E-state index contributed by atoms with van der Waals surface area (Å²) in [5.74, 6) is -1.81.